The van der Waals surface area contributed by atoms with Crippen molar-refractivity contribution in [2.45, 2.75) is 12.5 Å². The molecule has 6 nitrogen and oxygen atoms in total. The van der Waals surface area contributed by atoms with E-state index in [0.29, 0.717) is 5.69 Å². The number of anilines is 1. The van der Waals surface area contributed by atoms with E-state index in [2.05, 4.69) is 5.10 Å². The molecule has 1 heterocycles. The number of carboxylic acids is 1. The molecule has 0 fully saturated rings. The predicted octanol–water partition coefficient (Wildman–Crippen LogP) is 0.191. The summed E-state index contributed by atoms with van der Waals surface area (Å²) in [5, 5.41) is 14.1. The maximum Gasteiger partial charge on any atom is 0.352 e. The minimum atomic E-state index is -1.13. The largest absolute Gasteiger partial charge is 0.477 e. The lowest BCUT2D eigenvalue weighted by Gasteiger charge is -2.20. The Hall–Kier alpha value is -2.37. The van der Waals surface area contributed by atoms with Crippen LogP contribution in [0.5, 0.6) is 0 Å². The number of rotatable bonds is 3. The number of aliphatic carboxylic acids is 1. The highest BCUT2D eigenvalue weighted by atomic mass is 16.4. The number of primary amides is 1. The molecule has 1 aliphatic heterocycles. The lowest BCUT2D eigenvalue weighted by molar-refractivity contribution is -0.129. The Kier molecular flexibility index (Phi) is 2.78. The fourth-order valence-electron chi connectivity index (χ4n) is 1.68. The number of para-hydroxylation sites is 1. The topological polar surface area (TPSA) is 96.0 Å². The number of carbonyl (C=O) groups excluding carboxylic acids is 1. The van der Waals surface area contributed by atoms with Crippen LogP contribution in [0.15, 0.2) is 35.4 Å². The summed E-state index contributed by atoms with van der Waals surface area (Å²) in [4.78, 5) is 22.1. The Morgan fingerprint density at radius 2 is 2.00 bits per heavy atom. The number of nitrogens with two attached hydrogens (primary N) is 1. The molecule has 6 heteroatoms. The van der Waals surface area contributed by atoms with Crippen molar-refractivity contribution in [2.75, 3.05) is 5.01 Å². The number of carboxylic acid groups (broad SMARTS) is 1. The predicted molar refractivity (Wildman–Crippen MR) is 61.6 cm³/mol. The minimum absolute atomic E-state index is 0.0273. The van der Waals surface area contributed by atoms with E-state index >= 15 is 0 Å². The van der Waals surface area contributed by atoms with Crippen molar-refractivity contribution in [2.24, 2.45) is 10.8 Å². The number of nitrogens with zero attached hydrogens (tertiary/aromatic N) is 2. The molecule has 0 saturated heterocycles. The average Bonchev–Trinajstić information content (AvgIpc) is 2.75. The van der Waals surface area contributed by atoms with E-state index in [-0.39, 0.29) is 12.1 Å². The van der Waals surface area contributed by atoms with E-state index in [0.717, 1.165) is 0 Å². The van der Waals surface area contributed by atoms with Crippen LogP contribution in [0.3, 0.4) is 0 Å². The summed E-state index contributed by atoms with van der Waals surface area (Å²) in [5.74, 6) is -1.72. The van der Waals surface area contributed by atoms with Crippen LogP contribution in [0.25, 0.3) is 0 Å². The number of benzene rings is 1. The number of hydrogen-bond donors (Lipinski definition) is 2. The molecule has 1 aliphatic rings. The third-order valence-electron chi connectivity index (χ3n) is 2.51. The fraction of sp³-hybridized carbons (Fsp3) is 0.182. The Morgan fingerprint density at radius 3 is 2.53 bits per heavy atom. The molecule has 0 spiro atoms. The van der Waals surface area contributed by atoms with Crippen LogP contribution in [0.2, 0.25) is 0 Å². The maximum atomic E-state index is 11.3. The standard InChI is InChI=1S/C11H11N3O3/c12-10(15)9-6-8(11(16)17)13-14(9)7-4-2-1-3-5-7/h1-5,9H,6H2,(H2,12,15)(H,16,17). The molecule has 0 bridgehead atoms. The maximum absolute atomic E-state index is 11.3. The quantitative estimate of drug-likeness (QED) is 0.778. The summed E-state index contributed by atoms with van der Waals surface area (Å²) in [6.07, 6.45) is 0.0273. The van der Waals surface area contributed by atoms with Crippen LogP contribution in [0.4, 0.5) is 5.69 Å². The van der Waals surface area contributed by atoms with Gasteiger partial charge in [0, 0.05) is 6.42 Å². The van der Waals surface area contributed by atoms with Crippen molar-refractivity contribution in [3.63, 3.8) is 0 Å². The second kappa shape index (κ2) is 4.25. The molecule has 0 aromatic heterocycles. The van der Waals surface area contributed by atoms with E-state index in [9.17, 15) is 9.59 Å². The van der Waals surface area contributed by atoms with Gasteiger partial charge in [-0.05, 0) is 12.1 Å². The summed E-state index contributed by atoms with van der Waals surface area (Å²) in [5.41, 5.74) is 5.83. The van der Waals surface area contributed by atoms with Gasteiger partial charge in [0.25, 0.3) is 0 Å². The van der Waals surface area contributed by atoms with Crippen molar-refractivity contribution < 1.29 is 14.7 Å². The summed E-state index contributed by atoms with van der Waals surface area (Å²) < 4.78 is 0. The Balaban J connectivity index is 2.35. The summed E-state index contributed by atoms with van der Waals surface area (Å²) in [7, 11) is 0. The van der Waals surface area contributed by atoms with Gasteiger partial charge in [0.2, 0.25) is 5.91 Å². The van der Waals surface area contributed by atoms with Crippen LogP contribution in [-0.2, 0) is 9.59 Å². The highest BCUT2D eigenvalue weighted by Crippen LogP contribution is 2.24. The monoisotopic (exact) mass is 233 g/mol. The van der Waals surface area contributed by atoms with Crippen LogP contribution in [-0.4, -0.2) is 28.7 Å². The second-order valence-electron chi connectivity index (χ2n) is 3.65. The van der Waals surface area contributed by atoms with Gasteiger partial charge in [0.1, 0.15) is 11.8 Å². The van der Waals surface area contributed by atoms with Crippen LogP contribution in [0, 0.1) is 0 Å². The van der Waals surface area contributed by atoms with Gasteiger partial charge in [0.05, 0.1) is 5.69 Å². The number of hydrogen-bond acceptors (Lipinski definition) is 4. The number of carbonyl (C=O) groups is 2. The summed E-state index contributed by atoms with van der Waals surface area (Å²) in [6.45, 7) is 0. The second-order valence-corrected chi connectivity index (χ2v) is 3.65. The molecule has 1 atom stereocenters. The Labute approximate surface area is 97.3 Å². The first-order chi connectivity index (χ1) is 8.09. The van der Waals surface area contributed by atoms with Gasteiger partial charge < -0.3 is 10.8 Å². The number of hydrazone groups is 1. The molecule has 17 heavy (non-hydrogen) atoms. The van der Waals surface area contributed by atoms with Gasteiger partial charge in [-0.1, -0.05) is 18.2 Å². The molecule has 2 rings (SSSR count). The molecule has 88 valence electrons. The SMILES string of the molecule is NC(=O)C1CC(C(=O)O)=NN1c1ccccc1. The first-order valence-corrected chi connectivity index (χ1v) is 5.04. The van der Waals surface area contributed by atoms with Crippen molar-refractivity contribution in [1.29, 1.82) is 0 Å². The third-order valence-corrected chi connectivity index (χ3v) is 2.51. The van der Waals surface area contributed by atoms with Crippen molar-refractivity contribution in [3.05, 3.63) is 30.3 Å². The van der Waals surface area contributed by atoms with Crippen LogP contribution >= 0.6 is 0 Å². The van der Waals surface area contributed by atoms with Gasteiger partial charge in [-0.15, -0.1) is 0 Å². The minimum Gasteiger partial charge on any atom is -0.477 e. The molecule has 1 amide bonds. The van der Waals surface area contributed by atoms with Crippen LogP contribution in [0.1, 0.15) is 6.42 Å². The molecule has 1 aromatic carbocycles. The van der Waals surface area contributed by atoms with Gasteiger partial charge in [-0.2, -0.15) is 5.10 Å². The third kappa shape index (κ3) is 2.10. The van der Waals surface area contributed by atoms with Crippen LogP contribution < -0.4 is 10.7 Å². The van der Waals surface area contributed by atoms with E-state index in [1.54, 1.807) is 24.3 Å². The zero-order chi connectivity index (χ0) is 12.4. The van der Waals surface area contributed by atoms with E-state index in [4.69, 9.17) is 10.8 Å². The molecule has 3 N–H and O–H groups in total. The first-order valence-electron chi connectivity index (χ1n) is 5.04. The van der Waals surface area contributed by atoms with Crippen molar-refractivity contribution >= 4 is 23.3 Å². The first kappa shape index (κ1) is 11.1. The molecular formula is C11H11N3O3. The number of amides is 1. The van der Waals surface area contributed by atoms with E-state index in [1.165, 1.54) is 5.01 Å². The lowest BCUT2D eigenvalue weighted by Crippen LogP contribution is -2.39. The lowest BCUT2D eigenvalue weighted by atomic mass is 10.1. The van der Waals surface area contributed by atoms with Crippen molar-refractivity contribution in [3.8, 4) is 0 Å². The fourth-order valence-corrected chi connectivity index (χ4v) is 1.68. The van der Waals surface area contributed by atoms with E-state index < -0.39 is 17.9 Å². The molecule has 1 unspecified atom stereocenters. The van der Waals surface area contributed by atoms with Gasteiger partial charge in [-0.3, -0.25) is 9.80 Å². The Bertz CT molecular complexity index is 484. The molecular weight excluding hydrogens is 222 g/mol. The van der Waals surface area contributed by atoms with Gasteiger partial charge in [0.15, 0.2) is 0 Å². The molecule has 0 aliphatic carbocycles. The van der Waals surface area contributed by atoms with Crippen molar-refractivity contribution in [1.82, 2.24) is 0 Å². The molecule has 1 aromatic rings. The smallest absolute Gasteiger partial charge is 0.352 e. The molecule has 0 radical (unpaired) electrons. The van der Waals surface area contributed by atoms with Gasteiger partial charge >= 0.3 is 5.97 Å². The summed E-state index contributed by atoms with van der Waals surface area (Å²) in [6, 6.07) is 8.13. The Morgan fingerprint density at radius 1 is 1.35 bits per heavy atom. The van der Waals surface area contributed by atoms with Gasteiger partial charge in [-0.25, -0.2) is 4.79 Å². The zero-order valence-corrected chi connectivity index (χ0v) is 8.91. The summed E-state index contributed by atoms with van der Waals surface area (Å²) >= 11 is 0. The van der Waals surface area contributed by atoms with E-state index in [1.807, 2.05) is 6.07 Å². The highest BCUT2D eigenvalue weighted by Gasteiger charge is 2.34. The highest BCUT2D eigenvalue weighted by molar-refractivity contribution is 6.37. The normalized spacial score (nSPS) is 18.9. The molecule has 0 saturated carbocycles. The zero-order valence-electron chi connectivity index (χ0n) is 8.91. The average molecular weight is 233 g/mol.